The number of piperazine rings is 1. The number of fused-ring (bicyclic) bond motifs is 1. The fourth-order valence-electron chi connectivity index (χ4n) is 4.75. The Bertz CT molecular complexity index is 1370. The lowest BCUT2D eigenvalue weighted by Crippen LogP contribution is -2.48. The number of pyridine rings is 1. The Morgan fingerprint density at radius 3 is 2.22 bits per heavy atom. The van der Waals surface area contributed by atoms with Crippen molar-refractivity contribution >= 4 is 28.2 Å². The molecule has 2 heterocycles. The first kappa shape index (κ1) is 24.3. The van der Waals surface area contributed by atoms with Gasteiger partial charge in [0.1, 0.15) is 17.1 Å². The highest BCUT2D eigenvalue weighted by molar-refractivity contribution is 6.35. The van der Waals surface area contributed by atoms with E-state index in [1.54, 1.807) is 36.5 Å². The first-order valence-corrected chi connectivity index (χ1v) is 11.8. The van der Waals surface area contributed by atoms with E-state index in [0.29, 0.717) is 53.2 Å². The number of benzene rings is 3. The molecule has 1 aliphatic rings. The second-order valence-corrected chi connectivity index (χ2v) is 9.12. The summed E-state index contributed by atoms with van der Waals surface area (Å²) in [6.45, 7) is 2.34. The molecule has 1 aliphatic heterocycles. The topological polar surface area (TPSA) is 39.6 Å². The number of anilines is 1. The maximum atomic E-state index is 13.3. The number of aromatic nitrogens is 1. The van der Waals surface area contributed by atoms with Crippen molar-refractivity contribution in [2.24, 2.45) is 0 Å². The Labute approximate surface area is 210 Å². The summed E-state index contributed by atoms with van der Waals surface area (Å²) < 4.78 is 53.0. The summed E-state index contributed by atoms with van der Waals surface area (Å²) in [5.74, 6) is -0.363. The molecule has 1 aromatic heterocycles. The van der Waals surface area contributed by atoms with Crippen molar-refractivity contribution in [1.82, 2.24) is 9.88 Å². The summed E-state index contributed by atoms with van der Waals surface area (Å²) in [7, 11) is 0. The number of phenolic OH excluding ortho intramolecular Hbond substituents is 1. The molecule has 0 unspecified atom stereocenters. The number of rotatable bonds is 4. The van der Waals surface area contributed by atoms with Crippen LogP contribution in [0.2, 0.25) is 5.02 Å². The van der Waals surface area contributed by atoms with Crippen LogP contribution < -0.4 is 4.90 Å². The zero-order valence-corrected chi connectivity index (χ0v) is 19.8. The predicted octanol–water partition coefficient (Wildman–Crippen LogP) is 6.66. The highest BCUT2D eigenvalue weighted by Crippen LogP contribution is 2.42. The van der Waals surface area contributed by atoms with E-state index in [4.69, 9.17) is 11.6 Å². The van der Waals surface area contributed by atoms with Gasteiger partial charge in [-0.25, -0.2) is 4.39 Å². The van der Waals surface area contributed by atoms with Crippen LogP contribution in [0.3, 0.4) is 0 Å². The second kappa shape index (κ2) is 9.59. The van der Waals surface area contributed by atoms with Crippen molar-refractivity contribution in [1.29, 1.82) is 0 Å². The molecule has 1 fully saturated rings. The molecule has 186 valence electrons. The molecule has 0 radical (unpaired) electrons. The molecular formula is C27H22ClF4N3O. The molecule has 36 heavy (non-hydrogen) atoms. The monoisotopic (exact) mass is 515 g/mol. The number of alkyl halides is 3. The molecule has 9 heteroatoms. The smallest absolute Gasteiger partial charge is 0.416 e. The lowest BCUT2D eigenvalue weighted by molar-refractivity contribution is -0.137. The molecular weight excluding hydrogens is 494 g/mol. The highest BCUT2D eigenvalue weighted by atomic mass is 35.5. The van der Waals surface area contributed by atoms with Crippen LogP contribution >= 0.6 is 11.6 Å². The van der Waals surface area contributed by atoms with Crippen molar-refractivity contribution in [3.63, 3.8) is 0 Å². The minimum atomic E-state index is -4.45. The molecule has 4 aromatic rings. The van der Waals surface area contributed by atoms with Crippen LogP contribution in [-0.4, -0.2) is 41.2 Å². The van der Waals surface area contributed by atoms with Crippen LogP contribution in [0.4, 0.5) is 23.2 Å². The lowest BCUT2D eigenvalue weighted by Gasteiger charge is -2.41. The Morgan fingerprint density at radius 2 is 1.58 bits per heavy atom. The van der Waals surface area contributed by atoms with Gasteiger partial charge in [-0.3, -0.25) is 9.88 Å². The van der Waals surface area contributed by atoms with Gasteiger partial charge in [0.2, 0.25) is 0 Å². The second-order valence-electron chi connectivity index (χ2n) is 8.72. The number of halogens is 5. The van der Waals surface area contributed by atoms with Crippen LogP contribution in [0.1, 0.15) is 22.7 Å². The fourth-order valence-corrected chi connectivity index (χ4v) is 5.02. The first-order valence-electron chi connectivity index (χ1n) is 11.4. The number of phenols is 1. The van der Waals surface area contributed by atoms with E-state index in [-0.39, 0.29) is 11.6 Å². The van der Waals surface area contributed by atoms with E-state index < -0.39 is 17.8 Å². The third-order valence-corrected chi connectivity index (χ3v) is 6.88. The minimum Gasteiger partial charge on any atom is -0.505 e. The van der Waals surface area contributed by atoms with Crippen molar-refractivity contribution in [3.05, 3.63) is 100 Å². The molecule has 0 spiro atoms. The summed E-state index contributed by atoms with van der Waals surface area (Å²) in [5, 5.41) is 12.2. The van der Waals surface area contributed by atoms with Gasteiger partial charge in [0, 0.05) is 49.0 Å². The third kappa shape index (κ3) is 4.70. The van der Waals surface area contributed by atoms with Gasteiger partial charge in [-0.05, 0) is 60.2 Å². The van der Waals surface area contributed by atoms with Gasteiger partial charge in [-0.1, -0.05) is 23.7 Å². The molecule has 1 saturated heterocycles. The quantitative estimate of drug-likeness (QED) is 0.308. The van der Waals surface area contributed by atoms with Gasteiger partial charge in [0.25, 0.3) is 0 Å². The lowest BCUT2D eigenvalue weighted by atomic mass is 9.93. The number of hydrogen-bond donors (Lipinski definition) is 1. The zero-order valence-electron chi connectivity index (χ0n) is 19.0. The SMILES string of the molecule is Oc1c([C@H](c2ccc(C(F)(F)F)cc2)N2CCN(c3ccc(F)cc3)CC2)cc(Cl)c2cccnc12. The molecule has 5 rings (SSSR count). The summed E-state index contributed by atoms with van der Waals surface area (Å²) >= 11 is 6.55. The summed E-state index contributed by atoms with van der Waals surface area (Å²) in [6, 6.07) is 15.8. The Hall–Kier alpha value is -3.36. The standard InChI is InChI=1S/C27H22ClF4N3O/c28-23-16-22(26(36)24-21(23)2-1-11-33-24)25(17-3-5-18(6-4-17)27(30,31)32)35-14-12-34(13-15-35)20-9-7-19(29)8-10-20/h1-11,16,25,36H,12-15H2/t25-/m0/s1. The van der Waals surface area contributed by atoms with E-state index >= 15 is 0 Å². The van der Waals surface area contributed by atoms with Crippen molar-refractivity contribution in [3.8, 4) is 5.75 Å². The van der Waals surface area contributed by atoms with Crippen molar-refractivity contribution in [2.75, 3.05) is 31.1 Å². The molecule has 0 amide bonds. The third-order valence-electron chi connectivity index (χ3n) is 6.56. The van der Waals surface area contributed by atoms with Crippen molar-refractivity contribution < 1.29 is 22.7 Å². The van der Waals surface area contributed by atoms with E-state index in [9.17, 15) is 22.7 Å². The molecule has 0 bridgehead atoms. The minimum absolute atomic E-state index is 0.0548. The first-order chi connectivity index (χ1) is 17.2. The van der Waals surface area contributed by atoms with Gasteiger partial charge in [-0.2, -0.15) is 13.2 Å². The van der Waals surface area contributed by atoms with E-state index in [1.807, 2.05) is 0 Å². The fraction of sp³-hybridized carbons (Fsp3) is 0.222. The average Bonchev–Trinajstić information content (AvgIpc) is 2.88. The van der Waals surface area contributed by atoms with Crippen LogP contribution in [0.5, 0.6) is 5.75 Å². The van der Waals surface area contributed by atoms with E-state index in [2.05, 4.69) is 14.8 Å². The Morgan fingerprint density at radius 1 is 0.917 bits per heavy atom. The van der Waals surface area contributed by atoms with Gasteiger partial charge < -0.3 is 10.0 Å². The van der Waals surface area contributed by atoms with Crippen molar-refractivity contribution in [2.45, 2.75) is 12.2 Å². The number of aromatic hydroxyl groups is 1. The van der Waals surface area contributed by atoms with Crippen LogP contribution in [0, 0.1) is 5.82 Å². The highest BCUT2D eigenvalue weighted by Gasteiger charge is 2.33. The molecule has 0 aliphatic carbocycles. The van der Waals surface area contributed by atoms with Crippen LogP contribution in [0.25, 0.3) is 10.9 Å². The largest absolute Gasteiger partial charge is 0.505 e. The van der Waals surface area contributed by atoms with Gasteiger partial charge in [0.05, 0.1) is 16.6 Å². The molecule has 3 aromatic carbocycles. The van der Waals surface area contributed by atoms with Crippen LogP contribution in [0.15, 0.2) is 72.9 Å². The molecule has 1 atom stereocenters. The van der Waals surface area contributed by atoms with Gasteiger partial charge in [-0.15, -0.1) is 0 Å². The molecule has 4 nitrogen and oxygen atoms in total. The van der Waals surface area contributed by atoms with E-state index in [1.165, 1.54) is 24.3 Å². The normalized spacial score (nSPS) is 15.9. The average molecular weight is 516 g/mol. The molecule has 0 saturated carbocycles. The zero-order chi connectivity index (χ0) is 25.4. The van der Waals surface area contributed by atoms with E-state index in [0.717, 1.165) is 17.8 Å². The summed E-state index contributed by atoms with van der Waals surface area (Å²) in [6.07, 6.45) is -2.90. The van der Waals surface area contributed by atoms with Gasteiger partial charge >= 0.3 is 6.18 Å². The molecule has 1 N–H and O–H groups in total. The number of hydrogen-bond acceptors (Lipinski definition) is 4. The summed E-state index contributed by atoms with van der Waals surface area (Å²) in [4.78, 5) is 8.51. The van der Waals surface area contributed by atoms with Crippen LogP contribution in [-0.2, 0) is 6.18 Å². The Balaban J connectivity index is 1.53. The predicted molar refractivity (Wildman–Crippen MR) is 132 cm³/mol. The van der Waals surface area contributed by atoms with Gasteiger partial charge in [0.15, 0.2) is 0 Å². The maximum absolute atomic E-state index is 13.3. The Kier molecular flexibility index (Phi) is 6.49. The maximum Gasteiger partial charge on any atom is 0.416 e. The summed E-state index contributed by atoms with van der Waals surface area (Å²) in [5.41, 5.74) is 1.56. The number of nitrogens with zero attached hydrogens (tertiary/aromatic N) is 3.